The summed E-state index contributed by atoms with van der Waals surface area (Å²) in [5, 5.41) is 11.2. The molecule has 15 heavy (non-hydrogen) atoms. The highest BCUT2D eigenvalue weighted by atomic mass is 79.9. The van der Waals surface area contributed by atoms with Crippen LogP contribution in [0.2, 0.25) is 0 Å². The summed E-state index contributed by atoms with van der Waals surface area (Å²) in [5.74, 6) is 0. The maximum Gasteiger partial charge on any atom is 0.0701 e. The maximum atomic E-state index is 9.04. The van der Waals surface area contributed by atoms with E-state index in [0.717, 1.165) is 13.1 Å². The molecule has 0 bridgehead atoms. The van der Waals surface area contributed by atoms with Crippen LogP contribution in [0.15, 0.2) is 15.2 Å². The molecule has 1 aromatic rings. The number of halogens is 1. The van der Waals surface area contributed by atoms with Crippen molar-refractivity contribution in [2.75, 3.05) is 13.2 Å². The van der Waals surface area contributed by atoms with Gasteiger partial charge in [-0.2, -0.15) is 0 Å². The highest BCUT2D eigenvalue weighted by molar-refractivity contribution is 9.11. The number of aliphatic hydroxyl groups is 1. The number of hydrogen-bond donors (Lipinski definition) is 1. The highest BCUT2D eigenvalue weighted by Gasteiger charge is 2.24. The molecule has 1 fully saturated rings. The predicted molar refractivity (Wildman–Crippen MR) is 67.2 cm³/mol. The summed E-state index contributed by atoms with van der Waals surface area (Å²) in [4.78, 5) is 2.40. The van der Waals surface area contributed by atoms with Crippen molar-refractivity contribution in [3.8, 4) is 0 Å². The van der Waals surface area contributed by atoms with Gasteiger partial charge in [-0.25, -0.2) is 0 Å². The first-order chi connectivity index (χ1) is 7.29. The van der Waals surface area contributed by atoms with Crippen LogP contribution in [0.4, 0.5) is 0 Å². The Kier molecular flexibility index (Phi) is 4.20. The van der Waals surface area contributed by atoms with Gasteiger partial charge in [0.2, 0.25) is 0 Å². The largest absolute Gasteiger partial charge is 0.395 e. The summed E-state index contributed by atoms with van der Waals surface area (Å²) in [7, 11) is 0. The topological polar surface area (TPSA) is 23.5 Å². The van der Waals surface area contributed by atoms with Gasteiger partial charge in [-0.05, 0) is 45.8 Å². The van der Waals surface area contributed by atoms with Gasteiger partial charge < -0.3 is 5.11 Å². The SMILES string of the molecule is OCCN(Cc1csc(Br)c1)C1CCC1. The van der Waals surface area contributed by atoms with Crippen molar-refractivity contribution >= 4 is 27.3 Å². The van der Waals surface area contributed by atoms with Crippen LogP contribution in [-0.2, 0) is 6.54 Å². The molecular formula is C11H16BrNOS. The van der Waals surface area contributed by atoms with Crippen LogP contribution in [0.1, 0.15) is 24.8 Å². The molecule has 2 rings (SSSR count). The number of aliphatic hydroxyl groups excluding tert-OH is 1. The number of hydrogen-bond acceptors (Lipinski definition) is 3. The minimum absolute atomic E-state index is 0.266. The van der Waals surface area contributed by atoms with Gasteiger partial charge in [0, 0.05) is 19.1 Å². The lowest BCUT2D eigenvalue weighted by Gasteiger charge is -2.37. The fraction of sp³-hybridized carbons (Fsp3) is 0.636. The van der Waals surface area contributed by atoms with Gasteiger partial charge in [-0.15, -0.1) is 11.3 Å². The molecule has 0 aliphatic heterocycles. The molecule has 0 atom stereocenters. The van der Waals surface area contributed by atoms with Crippen LogP contribution in [0.25, 0.3) is 0 Å². The summed E-state index contributed by atoms with van der Waals surface area (Å²) >= 11 is 5.21. The molecule has 1 aromatic heterocycles. The average Bonchev–Trinajstić information content (AvgIpc) is 2.48. The molecular weight excluding hydrogens is 274 g/mol. The van der Waals surface area contributed by atoms with Crippen LogP contribution in [0, 0.1) is 0 Å². The first-order valence-corrected chi connectivity index (χ1v) is 7.04. The van der Waals surface area contributed by atoms with Crippen molar-refractivity contribution in [3.63, 3.8) is 0 Å². The zero-order valence-electron chi connectivity index (χ0n) is 8.66. The quantitative estimate of drug-likeness (QED) is 0.901. The summed E-state index contributed by atoms with van der Waals surface area (Å²) in [6.07, 6.45) is 3.94. The first-order valence-electron chi connectivity index (χ1n) is 5.37. The third-order valence-electron chi connectivity index (χ3n) is 2.99. The molecule has 1 aliphatic rings. The van der Waals surface area contributed by atoms with Gasteiger partial charge in [0.05, 0.1) is 10.4 Å². The zero-order chi connectivity index (χ0) is 10.7. The molecule has 0 aromatic carbocycles. The van der Waals surface area contributed by atoms with E-state index in [0.29, 0.717) is 6.04 Å². The van der Waals surface area contributed by atoms with Crippen molar-refractivity contribution < 1.29 is 5.11 Å². The Hall–Kier alpha value is 0.100. The number of nitrogens with zero attached hydrogens (tertiary/aromatic N) is 1. The van der Waals surface area contributed by atoms with Crippen LogP contribution in [0.5, 0.6) is 0 Å². The molecule has 1 N–H and O–H groups in total. The molecule has 0 amide bonds. The van der Waals surface area contributed by atoms with Crippen LogP contribution < -0.4 is 0 Å². The van der Waals surface area contributed by atoms with Crippen LogP contribution >= 0.6 is 27.3 Å². The minimum atomic E-state index is 0.266. The number of thiophene rings is 1. The first kappa shape index (κ1) is 11.6. The molecule has 1 aliphatic carbocycles. The van der Waals surface area contributed by atoms with Gasteiger partial charge in [0.25, 0.3) is 0 Å². The fourth-order valence-corrected chi connectivity index (χ4v) is 3.13. The van der Waals surface area contributed by atoms with Crippen LogP contribution in [0.3, 0.4) is 0 Å². The Labute approximate surface area is 103 Å². The normalized spacial score (nSPS) is 17.0. The minimum Gasteiger partial charge on any atom is -0.395 e. The van der Waals surface area contributed by atoms with Crippen molar-refractivity contribution in [1.82, 2.24) is 4.90 Å². The summed E-state index contributed by atoms with van der Waals surface area (Å²) < 4.78 is 1.19. The zero-order valence-corrected chi connectivity index (χ0v) is 11.1. The third kappa shape index (κ3) is 3.03. The standard InChI is InChI=1S/C11H16BrNOS/c12-11-6-9(8-15-11)7-13(4-5-14)10-2-1-3-10/h6,8,10,14H,1-5,7H2. The molecule has 0 spiro atoms. The Balaban J connectivity index is 1.93. The summed E-state index contributed by atoms with van der Waals surface area (Å²) in [5.41, 5.74) is 1.35. The molecule has 0 saturated heterocycles. The van der Waals surface area contributed by atoms with E-state index in [4.69, 9.17) is 5.11 Å². The van der Waals surface area contributed by atoms with Gasteiger partial charge >= 0.3 is 0 Å². The van der Waals surface area contributed by atoms with Crippen LogP contribution in [-0.4, -0.2) is 29.2 Å². The van der Waals surface area contributed by atoms with Gasteiger partial charge in [0.15, 0.2) is 0 Å². The highest BCUT2D eigenvalue weighted by Crippen LogP contribution is 2.28. The second-order valence-electron chi connectivity index (χ2n) is 4.04. The van der Waals surface area contributed by atoms with Crippen molar-refractivity contribution in [2.45, 2.75) is 31.8 Å². The predicted octanol–water partition coefficient (Wildman–Crippen LogP) is 2.86. The molecule has 4 heteroatoms. The van der Waals surface area contributed by atoms with Gasteiger partial charge in [-0.1, -0.05) is 6.42 Å². The Morgan fingerprint density at radius 2 is 2.33 bits per heavy atom. The van der Waals surface area contributed by atoms with Crippen molar-refractivity contribution in [1.29, 1.82) is 0 Å². The molecule has 84 valence electrons. The van der Waals surface area contributed by atoms with Crippen molar-refractivity contribution in [3.05, 3.63) is 20.8 Å². The van der Waals surface area contributed by atoms with E-state index >= 15 is 0 Å². The molecule has 0 unspecified atom stereocenters. The van der Waals surface area contributed by atoms with E-state index in [-0.39, 0.29) is 6.61 Å². The lowest BCUT2D eigenvalue weighted by atomic mass is 9.91. The maximum absolute atomic E-state index is 9.04. The monoisotopic (exact) mass is 289 g/mol. The van der Waals surface area contributed by atoms with E-state index in [1.165, 1.54) is 28.6 Å². The third-order valence-corrected chi connectivity index (χ3v) is 4.54. The summed E-state index contributed by atoms with van der Waals surface area (Å²) in [6, 6.07) is 2.88. The lowest BCUT2D eigenvalue weighted by Crippen LogP contribution is -2.41. The average molecular weight is 290 g/mol. The molecule has 1 saturated carbocycles. The van der Waals surface area contributed by atoms with Gasteiger partial charge in [0.1, 0.15) is 0 Å². The fourth-order valence-electron chi connectivity index (χ4n) is 1.93. The van der Waals surface area contributed by atoms with E-state index in [1.807, 2.05) is 0 Å². The van der Waals surface area contributed by atoms with E-state index in [1.54, 1.807) is 11.3 Å². The Bertz CT molecular complexity index is 311. The summed E-state index contributed by atoms with van der Waals surface area (Å²) in [6.45, 7) is 2.05. The Morgan fingerprint density at radius 1 is 1.53 bits per heavy atom. The number of rotatable bonds is 5. The van der Waals surface area contributed by atoms with Crippen molar-refractivity contribution in [2.24, 2.45) is 0 Å². The van der Waals surface area contributed by atoms with E-state index in [2.05, 4.69) is 32.3 Å². The molecule has 2 nitrogen and oxygen atoms in total. The lowest BCUT2D eigenvalue weighted by molar-refractivity contribution is 0.0947. The second kappa shape index (κ2) is 5.43. The van der Waals surface area contributed by atoms with E-state index < -0.39 is 0 Å². The molecule has 0 radical (unpaired) electrons. The smallest absolute Gasteiger partial charge is 0.0701 e. The van der Waals surface area contributed by atoms with Gasteiger partial charge in [-0.3, -0.25) is 4.90 Å². The second-order valence-corrected chi connectivity index (χ2v) is 6.33. The Morgan fingerprint density at radius 3 is 2.80 bits per heavy atom. The van der Waals surface area contributed by atoms with E-state index in [9.17, 15) is 0 Å². The molecule has 1 heterocycles.